The highest BCUT2D eigenvalue weighted by atomic mass is 16.2. The second-order valence-corrected chi connectivity index (χ2v) is 6.29. The molecule has 0 aromatic rings. The molecular weight excluding hydrogens is 238 g/mol. The molecule has 0 saturated carbocycles. The van der Waals surface area contributed by atoms with Crippen LogP contribution in [-0.2, 0) is 4.79 Å². The van der Waals surface area contributed by atoms with Crippen molar-refractivity contribution in [3.8, 4) is 0 Å². The molecule has 19 heavy (non-hydrogen) atoms. The zero-order valence-corrected chi connectivity index (χ0v) is 12.5. The van der Waals surface area contributed by atoms with Crippen LogP contribution >= 0.6 is 0 Å². The number of amides is 1. The summed E-state index contributed by atoms with van der Waals surface area (Å²) in [5.41, 5.74) is 6.01. The van der Waals surface area contributed by atoms with E-state index >= 15 is 0 Å². The average molecular weight is 267 g/mol. The van der Waals surface area contributed by atoms with Crippen LogP contribution in [0.5, 0.6) is 0 Å². The van der Waals surface area contributed by atoms with Crippen LogP contribution in [0, 0.1) is 0 Å². The Kier molecular flexibility index (Phi) is 5.22. The van der Waals surface area contributed by atoms with Crippen molar-refractivity contribution in [1.29, 1.82) is 0 Å². The minimum atomic E-state index is 0.0362. The van der Waals surface area contributed by atoms with Gasteiger partial charge in [-0.25, -0.2) is 0 Å². The first-order valence-corrected chi connectivity index (χ1v) is 7.91. The minimum Gasteiger partial charge on any atom is -0.337 e. The maximum Gasteiger partial charge on any atom is 0.224 e. The van der Waals surface area contributed by atoms with E-state index in [-0.39, 0.29) is 11.9 Å². The molecule has 2 aliphatic heterocycles. The zero-order valence-electron chi connectivity index (χ0n) is 12.5. The van der Waals surface area contributed by atoms with Crippen molar-refractivity contribution in [3.63, 3.8) is 0 Å². The second-order valence-electron chi connectivity index (χ2n) is 6.29. The third-order valence-corrected chi connectivity index (χ3v) is 4.60. The van der Waals surface area contributed by atoms with Gasteiger partial charge < -0.3 is 10.6 Å². The van der Waals surface area contributed by atoms with Gasteiger partial charge in [0.25, 0.3) is 0 Å². The van der Waals surface area contributed by atoms with Gasteiger partial charge in [0.1, 0.15) is 0 Å². The molecule has 110 valence electrons. The van der Waals surface area contributed by atoms with Crippen LogP contribution in [0.4, 0.5) is 0 Å². The number of hydrogen-bond acceptors (Lipinski definition) is 3. The summed E-state index contributed by atoms with van der Waals surface area (Å²) in [5, 5.41) is 0. The van der Waals surface area contributed by atoms with Gasteiger partial charge in [-0.2, -0.15) is 0 Å². The quantitative estimate of drug-likeness (QED) is 0.841. The molecule has 2 rings (SSSR count). The molecule has 2 N–H and O–H groups in total. The van der Waals surface area contributed by atoms with Crippen molar-refractivity contribution >= 4 is 5.91 Å². The van der Waals surface area contributed by atoms with Crippen molar-refractivity contribution in [2.75, 3.05) is 19.6 Å². The highest BCUT2D eigenvalue weighted by Gasteiger charge is 2.35. The van der Waals surface area contributed by atoms with Crippen LogP contribution in [0.2, 0.25) is 0 Å². The second kappa shape index (κ2) is 6.71. The molecule has 0 aromatic heterocycles. The number of piperidine rings is 1. The number of rotatable bonds is 4. The highest BCUT2D eigenvalue weighted by molar-refractivity contribution is 5.77. The van der Waals surface area contributed by atoms with Gasteiger partial charge in [-0.3, -0.25) is 9.69 Å². The molecule has 3 unspecified atom stereocenters. The zero-order chi connectivity index (χ0) is 13.8. The summed E-state index contributed by atoms with van der Waals surface area (Å²) in [5.74, 6) is 0.263. The lowest BCUT2D eigenvalue weighted by Crippen LogP contribution is -2.60. The van der Waals surface area contributed by atoms with Gasteiger partial charge in [0.05, 0.1) is 0 Å². The molecule has 4 heteroatoms. The molecule has 1 amide bonds. The van der Waals surface area contributed by atoms with E-state index in [1.807, 2.05) is 0 Å². The molecule has 0 radical (unpaired) electrons. The standard InChI is InChI=1S/C15H29N3O/c1-3-6-13(16)9-15(19)18-11-14-7-4-5-8-17(14)10-12(18)2/h12-14H,3-11,16H2,1-2H3. The summed E-state index contributed by atoms with van der Waals surface area (Å²) >= 11 is 0. The van der Waals surface area contributed by atoms with Crippen molar-refractivity contribution in [2.24, 2.45) is 5.73 Å². The Hall–Kier alpha value is -0.610. The number of nitrogens with two attached hydrogens (primary N) is 1. The topological polar surface area (TPSA) is 49.6 Å². The maximum absolute atomic E-state index is 12.4. The van der Waals surface area contributed by atoms with Crippen molar-refractivity contribution in [1.82, 2.24) is 9.80 Å². The number of nitrogens with zero attached hydrogens (tertiary/aromatic N) is 2. The first-order chi connectivity index (χ1) is 9.11. The summed E-state index contributed by atoms with van der Waals surface area (Å²) in [7, 11) is 0. The lowest BCUT2D eigenvalue weighted by atomic mass is 9.96. The van der Waals surface area contributed by atoms with E-state index in [0.29, 0.717) is 18.5 Å². The number of piperazine rings is 1. The molecule has 0 bridgehead atoms. The number of fused-ring (bicyclic) bond motifs is 1. The fraction of sp³-hybridized carbons (Fsp3) is 0.933. The molecule has 0 spiro atoms. The van der Waals surface area contributed by atoms with Crippen LogP contribution in [0.25, 0.3) is 0 Å². The van der Waals surface area contributed by atoms with Gasteiger partial charge >= 0.3 is 0 Å². The summed E-state index contributed by atoms with van der Waals surface area (Å²) in [4.78, 5) is 17.1. The van der Waals surface area contributed by atoms with Crippen molar-refractivity contribution in [2.45, 2.75) is 70.5 Å². The molecule has 2 fully saturated rings. The Bertz CT molecular complexity index is 308. The van der Waals surface area contributed by atoms with Gasteiger partial charge in [-0.05, 0) is 32.7 Å². The SMILES string of the molecule is CCCC(N)CC(=O)N1CC2CCCCN2CC1C. The van der Waals surface area contributed by atoms with Crippen LogP contribution in [0.1, 0.15) is 52.4 Å². The molecule has 2 aliphatic rings. The average Bonchev–Trinajstić information content (AvgIpc) is 2.38. The number of hydrogen-bond donors (Lipinski definition) is 1. The molecule has 4 nitrogen and oxygen atoms in total. The Morgan fingerprint density at radius 1 is 1.37 bits per heavy atom. The predicted molar refractivity (Wildman–Crippen MR) is 77.9 cm³/mol. The minimum absolute atomic E-state index is 0.0362. The van der Waals surface area contributed by atoms with E-state index in [4.69, 9.17) is 5.73 Å². The number of carbonyl (C=O) groups excluding carboxylic acids is 1. The molecular formula is C15H29N3O. The third kappa shape index (κ3) is 3.69. The molecule has 3 atom stereocenters. The Morgan fingerprint density at radius 2 is 2.16 bits per heavy atom. The van der Waals surface area contributed by atoms with Crippen molar-refractivity contribution < 1.29 is 4.79 Å². The van der Waals surface area contributed by atoms with E-state index in [0.717, 1.165) is 25.9 Å². The first kappa shape index (κ1) is 14.8. The Balaban J connectivity index is 1.90. The monoisotopic (exact) mass is 267 g/mol. The molecule has 0 aliphatic carbocycles. The Labute approximate surface area is 117 Å². The highest BCUT2D eigenvalue weighted by Crippen LogP contribution is 2.24. The smallest absolute Gasteiger partial charge is 0.224 e. The molecule has 2 saturated heterocycles. The largest absolute Gasteiger partial charge is 0.337 e. The van der Waals surface area contributed by atoms with Crippen LogP contribution < -0.4 is 5.73 Å². The van der Waals surface area contributed by atoms with Gasteiger partial charge in [0, 0.05) is 37.6 Å². The van der Waals surface area contributed by atoms with Crippen LogP contribution in [0.3, 0.4) is 0 Å². The molecule has 0 aromatic carbocycles. The maximum atomic E-state index is 12.4. The summed E-state index contributed by atoms with van der Waals surface area (Å²) < 4.78 is 0. The van der Waals surface area contributed by atoms with E-state index in [1.54, 1.807) is 0 Å². The van der Waals surface area contributed by atoms with Crippen LogP contribution in [0.15, 0.2) is 0 Å². The van der Waals surface area contributed by atoms with Gasteiger partial charge in [-0.1, -0.05) is 19.8 Å². The number of carbonyl (C=O) groups is 1. The normalized spacial score (nSPS) is 29.9. The fourth-order valence-electron chi connectivity index (χ4n) is 3.51. The van der Waals surface area contributed by atoms with Gasteiger partial charge in [0.15, 0.2) is 0 Å². The summed E-state index contributed by atoms with van der Waals surface area (Å²) in [6, 6.07) is 0.973. The fourth-order valence-corrected chi connectivity index (χ4v) is 3.51. The predicted octanol–water partition coefficient (Wildman–Crippen LogP) is 1.59. The van der Waals surface area contributed by atoms with Gasteiger partial charge in [0.2, 0.25) is 5.91 Å². The van der Waals surface area contributed by atoms with E-state index in [9.17, 15) is 4.79 Å². The van der Waals surface area contributed by atoms with E-state index < -0.39 is 0 Å². The summed E-state index contributed by atoms with van der Waals surface area (Å²) in [6.45, 7) is 7.46. The van der Waals surface area contributed by atoms with Gasteiger partial charge in [-0.15, -0.1) is 0 Å². The first-order valence-electron chi connectivity index (χ1n) is 7.91. The lowest BCUT2D eigenvalue weighted by Gasteiger charge is -2.47. The summed E-state index contributed by atoms with van der Waals surface area (Å²) in [6.07, 6.45) is 6.40. The Morgan fingerprint density at radius 3 is 2.89 bits per heavy atom. The van der Waals surface area contributed by atoms with Crippen molar-refractivity contribution in [3.05, 3.63) is 0 Å². The van der Waals surface area contributed by atoms with E-state index in [2.05, 4.69) is 23.6 Å². The van der Waals surface area contributed by atoms with E-state index in [1.165, 1.54) is 25.8 Å². The molecule has 2 heterocycles. The lowest BCUT2D eigenvalue weighted by molar-refractivity contribution is -0.138. The third-order valence-electron chi connectivity index (χ3n) is 4.60. The van der Waals surface area contributed by atoms with Crippen LogP contribution in [-0.4, -0.2) is 53.5 Å².